The molecule has 0 bridgehead atoms. The maximum absolute atomic E-state index is 12.2. The van der Waals surface area contributed by atoms with Gasteiger partial charge in [-0.3, -0.25) is 9.78 Å². The monoisotopic (exact) mass is 325 g/mol. The number of benzene rings is 1. The van der Waals surface area contributed by atoms with Crippen molar-refractivity contribution in [3.8, 4) is 11.1 Å². The van der Waals surface area contributed by atoms with E-state index in [9.17, 15) is 9.90 Å². The number of nitrogens with zero attached hydrogens (tertiary/aromatic N) is 1. The summed E-state index contributed by atoms with van der Waals surface area (Å²) in [5.74, 6) is -0.0411. The van der Waals surface area contributed by atoms with E-state index in [-0.39, 0.29) is 24.6 Å². The summed E-state index contributed by atoms with van der Waals surface area (Å²) in [5.41, 5.74) is 4.25. The lowest BCUT2D eigenvalue weighted by atomic mass is 9.99. The van der Waals surface area contributed by atoms with Crippen molar-refractivity contribution >= 4 is 5.91 Å². The number of aliphatic hydroxyl groups excluding tert-OH is 1. The molecule has 126 valence electrons. The molecule has 1 fully saturated rings. The van der Waals surface area contributed by atoms with Crippen molar-refractivity contribution in [1.29, 1.82) is 0 Å². The van der Waals surface area contributed by atoms with Crippen LogP contribution in [0.2, 0.25) is 0 Å². The van der Waals surface area contributed by atoms with Gasteiger partial charge in [-0.05, 0) is 54.6 Å². The first-order chi connectivity index (χ1) is 11.7. The molecule has 1 aromatic heterocycles. The molecule has 0 spiro atoms. The summed E-state index contributed by atoms with van der Waals surface area (Å²) in [5, 5.41) is 15.8. The van der Waals surface area contributed by atoms with Crippen LogP contribution in [0.25, 0.3) is 11.1 Å². The number of pyridine rings is 1. The quantitative estimate of drug-likeness (QED) is 0.786. The number of hydrogen-bond acceptors (Lipinski definition) is 4. The second-order valence-electron chi connectivity index (χ2n) is 6.21. The molecule has 0 aliphatic carbocycles. The Morgan fingerprint density at radius 2 is 2.17 bits per heavy atom. The van der Waals surface area contributed by atoms with Crippen molar-refractivity contribution in [2.75, 3.05) is 13.2 Å². The largest absolute Gasteiger partial charge is 0.394 e. The summed E-state index contributed by atoms with van der Waals surface area (Å²) in [7, 11) is 0. The molecule has 1 aromatic carbocycles. The molecule has 5 nitrogen and oxygen atoms in total. The molecule has 1 aliphatic heterocycles. The summed E-state index contributed by atoms with van der Waals surface area (Å²) >= 11 is 0. The predicted octanol–water partition coefficient (Wildman–Crippen LogP) is 1.96. The number of nitrogens with one attached hydrogen (secondary N) is 2. The predicted molar refractivity (Wildman–Crippen MR) is 93.4 cm³/mol. The first kappa shape index (κ1) is 16.6. The minimum Gasteiger partial charge on any atom is -0.394 e. The lowest BCUT2D eigenvalue weighted by Crippen LogP contribution is -2.42. The number of aliphatic hydroxyl groups is 1. The van der Waals surface area contributed by atoms with E-state index in [0.29, 0.717) is 0 Å². The third-order valence-corrected chi connectivity index (χ3v) is 4.52. The van der Waals surface area contributed by atoms with Crippen LogP contribution in [0.3, 0.4) is 0 Å². The summed E-state index contributed by atoms with van der Waals surface area (Å²) in [6.07, 6.45) is 5.49. The van der Waals surface area contributed by atoms with Crippen LogP contribution in [0, 0.1) is 6.92 Å². The van der Waals surface area contributed by atoms with Gasteiger partial charge in [0.25, 0.3) is 0 Å². The zero-order chi connectivity index (χ0) is 16.9. The maximum atomic E-state index is 12.2. The van der Waals surface area contributed by atoms with Gasteiger partial charge in [-0.1, -0.05) is 24.3 Å². The molecule has 2 atom stereocenters. The Morgan fingerprint density at radius 1 is 1.38 bits per heavy atom. The fourth-order valence-electron chi connectivity index (χ4n) is 3.11. The number of rotatable bonds is 5. The molecule has 2 unspecified atom stereocenters. The molecular weight excluding hydrogens is 302 g/mol. The van der Waals surface area contributed by atoms with Crippen LogP contribution < -0.4 is 10.6 Å². The number of amides is 1. The van der Waals surface area contributed by atoms with Crippen LogP contribution in [0.4, 0.5) is 0 Å². The molecule has 0 radical (unpaired) electrons. The zero-order valence-electron chi connectivity index (χ0n) is 13.8. The van der Waals surface area contributed by atoms with Crippen molar-refractivity contribution in [1.82, 2.24) is 15.6 Å². The fraction of sp³-hybridized carbons (Fsp3) is 0.368. The van der Waals surface area contributed by atoms with Crippen LogP contribution in [-0.4, -0.2) is 35.2 Å². The highest BCUT2D eigenvalue weighted by molar-refractivity contribution is 5.82. The number of carbonyl (C=O) groups is 1. The van der Waals surface area contributed by atoms with Crippen molar-refractivity contribution in [3.05, 3.63) is 53.9 Å². The smallest absolute Gasteiger partial charge is 0.237 e. The van der Waals surface area contributed by atoms with Crippen LogP contribution in [0.15, 0.2) is 42.7 Å². The lowest BCUT2D eigenvalue weighted by Gasteiger charge is -2.20. The standard InChI is InChI=1S/C19H23N3O2/c1-13-11-20-10-8-16(13)14-4-6-15(7-5-14)18(12-23)22-19(24)17-3-2-9-21-17/h4-8,10-11,17-18,21,23H,2-3,9,12H2,1H3,(H,22,24). The Balaban J connectivity index is 1.73. The van der Waals surface area contributed by atoms with Gasteiger partial charge in [-0.25, -0.2) is 0 Å². The van der Waals surface area contributed by atoms with Gasteiger partial charge in [-0.15, -0.1) is 0 Å². The van der Waals surface area contributed by atoms with Crippen molar-refractivity contribution < 1.29 is 9.90 Å². The van der Waals surface area contributed by atoms with Crippen molar-refractivity contribution in [2.24, 2.45) is 0 Å². The van der Waals surface area contributed by atoms with Gasteiger partial charge < -0.3 is 15.7 Å². The Kier molecular flexibility index (Phi) is 5.23. The van der Waals surface area contributed by atoms with E-state index in [1.807, 2.05) is 43.5 Å². The highest BCUT2D eigenvalue weighted by atomic mass is 16.3. The first-order valence-corrected chi connectivity index (χ1v) is 8.34. The van der Waals surface area contributed by atoms with E-state index in [1.54, 1.807) is 6.20 Å². The molecule has 1 amide bonds. The molecule has 1 saturated heterocycles. The molecule has 3 N–H and O–H groups in total. The molecule has 0 saturated carbocycles. The van der Waals surface area contributed by atoms with E-state index < -0.39 is 0 Å². The van der Waals surface area contributed by atoms with Gasteiger partial charge in [0.2, 0.25) is 5.91 Å². The van der Waals surface area contributed by atoms with Crippen LogP contribution >= 0.6 is 0 Å². The van der Waals surface area contributed by atoms with E-state index in [2.05, 4.69) is 15.6 Å². The van der Waals surface area contributed by atoms with Gasteiger partial charge in [0.05, 0.1) is 18.7 Å². The topological polar surface area (TPSA) is 74.2 Å². The number of aromatic nitrogens is 1. The summed E-state index contributed by atoms with van der Waals surface area (Å²) in [4.78, 5) is 16.3. The molecule has 5 heteroatoms. The maximum Gasteiger partial charge on any atom is 0.237 e. The van der Waals surface area contributed by atoms with Gasteiger partial charge in [0.15, 0.2) is 0 Å². The van der Waals surface area contributed by atoms with Crippen molar-refractivity contribution in [3.63, 3.8) is 0 Å². The molecular formula is C19H23N3O2. The van der Waals surface area contributed by atoms with Crippen molar-refractivity contribution in [2.45, 2.75) is 31.8 Å². The molecule has 1 aliphatic rings. The van der Waals surface area contributed by atoms with E-state index in [0.717, 1.165) is 41.6 Å². The second kappa shape index (κ2) is 7.55. The van der Waals surface area contributed by atoms with Gasteiger partial charge in [0, 0.05) is 12.4 Å². The zero-order valence-corrected chi connectivity index (χ0v) is 13.8. The van der Waals surface area contributed by atoms with Crippen LogP contribution in [0.1, 0.15) is 30.0 Å². The van der Waals surface area contributed by atoms with Crippen LogP contribution in [0.5, 0.6) is 0 Å². The summed E-state index contributed by atoms with van der Waals surface area (Å²) in [6, 6.07) is 9.41. The Hall–Kier alpha value is -2.24. The number of carbonyl (C=O) groups excluding carboxylic acids is 1. The molecule has 24 heavy (non-hydrogen) atoms. The minimum absolute atomic E-state index is 0.0411. The highest BCUT2D eigenvalue weighted by Crippen LogP contribution is 2.24. The Labute approximate surface area is 142 Å². The Bertz CT molecular complexity index is 694. The van der Waals surface area contributed by atoms with Gasteiger partial charge in [0.1, 0.15) is 0 Å². The Morgan fingerprint density at radius 3 is 2.79 bits per heavy atom. The lowest BCUT2D eigenvalue weighted by molar-refractivity contribution is -0.123. The van der Waals surface area contributed by atoms with E-state index in [1.165, 1.54) is 0 Å². The number of hydrogen-bond donors (Lipinski definition) is 3. The normalized spacial score (nSPS) is 18.3. The molecule has 2 aromatic rings. The average Bonchev–Trinajstić information content (AvgIpc) is 3.15. The highest BCUT2D eigenvalue weighted by Gasteiger charge is 2.24. The van der Waals surface area contributed by atoms with Gasteiger partial charge >= 0.3 is 0 Å². The summed E-state index contributed by atoms with van der Waals surface area (Å²) < 4.78 is 0. The molecule has 3 rings (SSSR count). The first-order valence-electron chi connectivity index (χ1n) is 8.34. The summed E-state index contributed by atoms with van der Waals surface area (Å²) in [6.45, 7) is 2.79. The van der Waals surface area contributed by atoms with E-state index >= 15 is 0 Å². The SMILES string of the molecule is Cc1cnccc1-c1ccc(C(CO)NC(=O)C2CCCN2)cc1. The average molecular weight is 325 g/mol. The third-order valence-electron chi connectivity index (χ3n) is 4.52. The minimum atomic E-state index is -0.382. The number of aryl methyl sites for hydroxylation is 1. The van der Waals surface area contributed by atoms with E-state index in [4.69, 9.17) is 0 Å². The second-order valence-corrected chi connectivity index (χ2v) is 6.21. The molecule has 2 heterocycles. The third kappa shape index (κ3) is 3.63. The van der Waals surface area contributed by atoms with Crippen LogP contribution in [-0.2, 0) is 4.79 Å². The van der Waals surface area contributed by atoms with Gasteiger partial charge in [-0.2, -0.15) is 0 Å². The fourth-order valence-corrected chi connectivity index (χ4v) is 3.11.